The van der Waals surface area contributed by atoms with Crippen molar-refractivity contribution in [2.45, 2.75) is 24.3 Å². The second kappa shape index (κ2) is 5.74. The minimum Gasteiger partial charge on any atom is -0.305 e. The molecule has 0 bridgehead atoms. The molecule has 0 aromatic heterocycles. The summed E-state index contributed by atoms with van der Waals surface area (Å²) in [5.41, 5.74) is 2.24. The number of rotatable bonds is 2. The predicted molar refractivity (Wildman–Crippen MR) is 91.9 cm³/mol. The third kappa shape index (κ3) is 2.91. The van der Waals surface area contributed by atoms with Crippen molar-refractivity contribution in [1.29, 1.82) is 0 Å². The van der Waals surface area contributed by atoms with E-state index in [1.165, 1.54) is 18.2 Å². The lowest BCUT2D eigenvalue weighted by molar-refractivity contribution is 0.0980. The summed E-state index contributed by atoms with van der Waals surface area (Å²) in [6.07, 6.45) is 0.772. The summed E-state index contributed by atoms with van der Waals surface area (Å²) >= 11 is 3.32. The maximum atomic E-state index is 13.0. The molecule has 120 valence electrons. The Labute approximate surface area is 143 Å². The Morgan fingerprint density at radius 2 is 1.96 bits per heavy atom. The molecule has 1 amide bonds. The van der Waals surface area contributed by atoms with E-state index in [2.05, 4.69) is 15.9 Å². The molecule has 0 fully saturated rings. The summed E-state index contributed by atoms with van der Waals surface area (Å²) in [5.74, 6) is -0.250. The van der Waals surface area contributed by atoms with E-state index >= 15 is 0 Å². The van der Waals surface area contributed by atoms with Crippen molar-refractivity contribution in [2.75, 3.05) is 4.90 Å². The quantitative estimate of drug-likeness (QED) is 0.849. The monoisotopic (exact) mass is 394 g/mol. The minimum atomic E-state index is -3.86. The molecule has 0 aliphatic carbocycles. The zero-order valence-corrected chi connectivity index (χ0v) is 14.8. The molecule has 2 aromatic carbocycles. The first-order valence-corrected chi connectivity index (χ1v) is 9.37. The number of sulfonamides is 1. The highest BCUT2D eigenvalue weighted by Crippen LogP contribution is 2.34. The van der Waals surface area contributed by atoms with Gasteiger partial charge in [0.05, 0.1) is 10.5 Å². The van der Waals surface area contributed by atoms with E-state index in [-0.39, 0.29) is 22.4 Å². The van der Waals surface area contributed by atoms with E-state index in [0.29, 0.717) is 4.47 Å². The number of benzene rings is 2. The number of hydrogen-bond donors (Lipinski definition) is 1. The van der Waals surface area contributed by atoms with Crippen molar-refractivity contribution < 1.29 is 13.2 Å². The van der Waals surface area contributed by atoms with Crippen LogP contribution < -0.4 is 10.0 Å². The van der Waals surface area contributed by atoms with Crippen LogP contribution in [0.5, 0.6) is 0 Å². The van der Waals surface area contributed by atoms with Crippen LogP contribution in [0.25, 0.3) is 0 Å². The van der Waals surface area contributed by atoms with Gasteiger partial charge in [-0.2, -0.15) is 0 Å². The first-order chi connectivity index (χ1) is 10.8. The zero-order chi connectivity index (χ0) is 16.8. The predicted octanol–water partition coefficient (Wildman–Crippen LogP) is 2.69. The van der Waals surface area contributed by atoms with Crippen molar-refractivity contribution in [3.05, 3.63) is 58.1 Å². The number of primary sulfonamides is 1. The summed E-state index contributed by atoms with van der Waals surface area (Å²) < 4.78 is 23.6. The fourth-order valence-electron chi connectivity index (χ4n) is 2.85. The zero-order valence-electron chi connectivity index (χ0n) is 12.4. The smallest absolute Gasteiger partial charge is 0.259 e. The summed E-state index contributed by atoms with van der Waals surface area (Å²) in [7, 11) is -3.86. The average molecular weight is 395 g/mol. The Morgan fingerprint density at radius 3 is 2.65 bits per heavy atom. The second-order valence-corrected chi connectivity index (χ2v) is 7.96. The average Bonchev–Trinajstić information content (AvgIpc) is 2.81. The Balaban J connectivity index is 2.08. The topological polar surface area (TPSA) is 80.5 Å². The fourth-order valence-corrected chi connectivity index (χ4v) is 3.81. The Kier molecular flexibility index (Phi) is 4.03. The molecule has 0 saturated heterocycles. The summed E-state index contributed by atoms with van der Waals surface area (Å²) in [6.45, 7) is 1.97. The van der Waals surface area contributed by atoms with Crippen LogP contribution in [0.15, 0.2) is 51.8 Å². The van der Waals surface area contributed by atoms with Gasteiger partial charge in [-0.15, -0.1) is 0 Å². The normalized spacial score (nSPS) is 17.2. The highest BCUT2D eigenvalue weighted by molar-refractivity contribution is 9.10. The molecule has 7 heteroatoms. The first-order valence-electron chi connectivity index (χ1n) is 7.03. The van der Waals surface area contributed by atoms with Gasteiger partial charge in [0, 0.05) is 16.2 Å². The largest absolute Gasteiger partial charge is 0.305 e. The lowest BCUT2D eigenvalue weighted by Crippen LogP contribution is -2.36. The molecular formula is C16H15BrN2O3S. The van der Waals surface area contributed by atoms with Crippen molar-refractivity contribution in [3.63, 3.8) is 0 Å². The van der Waals surface area contributed by atoms with Crippen LogP contribution in [0, 0.1) is 0 Å². The van der Waals surface area contributed by atoms with E-state index in [1.54, 1.807) is 4.90 Å². The van der Waals surface area contributed by atoms with Crippen LogP contribution in [0.4, 0.5) is 5.69 Å². The number of nitrogens with two attached hydrogens (primary N) is 1. The molecule has 1 heterocycles. The van der Waals surface area contributed by atoms with E-state index in [1.807, 2.05) is 31.2 Å². The molecule has 1 aliphatic heterocycles. The molecular weight excluding hydrogens is 380 g/mol. The van der Waals surface area contributed by atoms with Crippen molar-refractivity contribution >= 4 is 37.5 Å². The molecule has 3 rings (SSSR count). The number of amides is 1. The lowest BCUT2D eigenvalue weighted by Gasteiger charge is -2.23. The van der Waals surface area contributed by atoms with E-state index < -0.39 is 10.0 Å². The Morgan fingerprint density at radius 1 is 1.26 bits per heavy atom. The van der Waals surface area contributed by atoms with Crippen molar-refractivity contribution in [2.24, 2.45) is 5.14 Å². The van der Waals surface area contributed by atoms with Gasteiger partial charge in [-0.3, -0.25) is 4.79 Å². The van der Waals surface area contributed by atoms with Gasteiger partial charge in [-0.1, -0.05) is 18.2 Å². The molecule has 2 aromatic rings. The Bertz CT molecular complexity index is 896. The van der Waals surface area contributed by atoms with Gasteiger partial charge >= 0.3 is 0 Å². The van der Waals surface area contributed by atoms with Gasteiger partial charge in [0.15, 0.2) is 0 Å². The van der Waals surface area contributed by atoms with Gasteiger partial charge < -0.3 is 4.90 Å². The number of hydrogen-bond acceptors (Lipinski definition) is 3. The van der Waals surface area contributed by atoms with Crippen LogP contribution in [0.1, 0.15) is 22.8 Å². The number of fused-ring (bicyclic) bond motifs is 1. The van der Waals surface area contributed by atoms with Gasteiger partial charge in [-0.25, -0.2) is 13.6 Å². The number of carbonyl (C=O) groups excluding carboxylic acids is 1. The molecule has 1 atom stereocenters. The van der Waals surface area contributed by atoms with E-state index in [0.717, 1.165) is 17.7 Å². The first kappa shape index (κ1) is 16.2. The fraction of sp³-hybridized carbons (Fsp3) is 0.188. The molecule has 0 radical (unpaired) electrons. The maximum absolute atomic E-state index is 13.0. The van der Waals surface area contributed by atoms with Gasteiger partial charge in [-0.05, 0) is 59.1 Å². The minimum absolute atomic E-state index is 0.00457. The standard InChI is InChI=1S/C16H15BrN2O3S/c1-10-8-11-4-2-3-5-15(11)19(10)16(20)13-9-12(23(18,21)22)6-7-14(13)17/h2-7,9-10H,8H2,1H3,(H2,18,21,22)/t10-/m0/s1. The van der Waals surface area contributed by atoms with Crippen LogP contribution in [0.3, 0.4) is 0 Å². The molecule has 23 heavy (non-hydrogen) atoms. The third-order valence-corrected chi connectivity index (χ3v) is 5.53. The van der Waals surface area contributed by atoms with Gasteiger partial charge in [0.2, 0.25) is 10.0 Å². The van der Waals surface area contributed by atoms with E-state index in [4.69, 9.17) is 5.14 Å². The number of nitrogens with zero attached hydrogens (tertiary/aromatic N) is 1. The van der Waals surface area contributed by atoms with E-state index in [9.17, 15) is 13.2 Å². The molecule has 0 unspecified atom stereocenters. The number of halogens is 1. The van der Waals surface area contributed by atoms with Gasteiger partial charge in [0.1, 0.15) is 0 Å². The number of carbonyl (C=O) groups is 1. The molecule has 1 aliphatic rings. The van der Waals surface area contributed by atoms with Crippen LogP contribution in [-0.4, -0.2) is 20.4 Å². The Hall–Kier alpha value is -1.70. The molecule has 5 nitrogen and oxygen atoms in total. The summed E-state index contributed by atoms with van der Waals surface area (Å²) in [4.78, 5) is 14.6. The van der Waals surface area contributed by atoms with Crippen LogP contribution >= 0.6 is 15.9 Å². The second-order valence-electron chi connectivity index (χ2n) is 5.54. The highest BCUT2D eigenvalue weighted by atomic mass is 79.9. The SMILES string of the molecule is C[C@H]1Cc2ccccc2N1C(=O)c1cc(S(N)(=O)=O)ccc1Br. The summed E-state index contributed by atoms with van der Waals surface area (Å²) in [6, 6.07) is 11.9. The molecule has 0 spiro atoms. The van der Waals surface area contributed by atoms with Crippen LogP contribution in [-0.2, 0) is 16.4 Å². The van der Waals surface area contributed by atoms with Crippen molar-refractivity contribution in [1.82, 2.24) is 0 Å². The number of para-hydroxylation sites is 1. The van der Waals surface area contributed by atoms with Crippen molar-refractivity contribution in [3.8, 4) is 0 Å². The third-order valence-electron chi connectivity index (χ3n) is 3.92. The molecule has 0 saturated carbocycles. The lowest BCUT2D eigenvalue weighted by atomic mass is 10.1. The summed E-state index contributed by atoms with van der Waals surface area (Å²) in [5, 5.41) is 5.17. The maximum Gasteiger partial charge on any atom is 0.259 e. The van der Waals surface area contributed by atoms with Gasteiger partial charge in [0.25, 0.3) is 5.91 Å². The highest BCUT2D eigenvalue weighted by Gasteiger charge is 2.32. The number of anilines is 1. The molecule has 2 N–H and O–H groups in total. The van der Waals surface area contributed by atoms with Crippen LogP contribution in [0.2, 0.25) is 0 Å².